The molecular formula is C15H10FNO2S2. The van der Waals surface area contributed by atoms with E-state index in [9.17, 15) is 9.18 Å². The fourth-order valence-electron chi connectivity index (χ4n) is 1.98. The maximum atomic E-state index is 13.7. The fraction of sp³-hybridized carbons (Fsp3) is 0.0667. The van der Waals surface area contributed by atoms with Crippen molar-refractivity contribution in [3.63, 3.8) is 0 Å². The average molecular weight is 319 g/mol. The van der Waals surface area contributed by atoms with Gasteiger partial charge in [0.15, 0.2) is 0 Å². The standard InChI is InChI=1S/C15H10FNO2S2/c16-12-4-3-9(14-11(12)2-1-5-17-14)7-20-10-6-13(15(18)19)21-8-10/h1-6,8H,7H2,(H,18,19). The fourth-order valence-corrected chi connectivity index (χ4v) is 3.83. The summed E-state index contributed by atoms with van der Waals surface area (Å²) in [5.41, 5.74) is 1.58. The Kier molecular flexibility index (Phi) is 3.90. The Morgan fingerprint density at radius 1 is 1.38 bits per heavy atom. The summed E-state index contributed by atoms with van der Waals surface area (Å²) in [5.74, 6) is -0.583. The number of nitrogens with zero attached hydrogens (tertiary/aromatic N) is 1. The minimum atomic E-state index is -0.916. The smallest absolute Gasteiger partial charge is 0.345 e. The van der Waals surface area contributed by atoms with Crippen molar-refractivity contribution in [2.75, 3.05) is 0 Å². The normalized spacial score (nSPS) is 10.9. The molecule has 6 heteroatoms. The highest BCUT2D eigenvalue weighted by Crippen LogP contribution is 2.30. The van der Waals surface area contributed by atoms with Crippen LogP contribution in [0.4, 0.5) is 4.39 Å². The number of aromatic carboxylic acids is 1. The van der Waals surface area contributed by atoms with Crippen LogP contribution < -0.4 is 0 Å². The van der Waals surface area contributed by atoms with Gasteiger partial charge in [-0.05, 0) is 29.8 Å². The molecular weight excluding hydrogens is 309 g/mol. The summed E-state index contributed by atoms with van der Waals surface area (Å²) in [5, 5.41) is 11.2. The molecule has 0 bridgehead atoms. The lowest BCUT2D eigenvalue weighted by Gasteiger charge is -2.05. The van der Waals surface area contributed by atoms with Crippen LogP contribution in [0.25, 0.3) is 10.9 Å². The molecule has 0 aliphatic heterocycles. The van der Waals surface area contributed by atoms with Gasteiger partial charge < -0.3 is 5.11 Å². The number of rotatable bonds is 4. The number of halogens is 1. The summed E-state index contributed by atoms with van der Waals surface area (Å²) < 4.78 is 13.7. The van der Waals surface area contributed by atoms with E-state index in [0.29, 0.717) is 21.5 Å². The minimum Gasteiger partial charge on any atom is -0.477 e. The van der Waals surface area contributed by atoms with Crippen molar-refractivity contribution >= 4 is 40.0 Å². The number of carbonyl (C=O) groups is 1. The summed E-state index contributed by atoms with van der Waals surface area (Å²) in [6, 6.07) is 8.23. The SMILES string of the molecule is O=C(O)c1cc(SCc2ccc(F)c3cccnc23)cs1. The second-order valence-corrected chi connectivity index (χ2v) is 6.31. The molecule has 2 heterocycles. The molecule has 1 aromatic carbocycles. The molecule has 3 nitrogen and oxygen atoms in total. The number of hydrogen-bond donors (Lipinski definition) is 1. The molecule has 0 spiro atoms. The van der Waals surface area contributed by atoms with Gasteiger partial charge in [-0.3, -0.25) is 4.98 Å². The summed E-state index contributed by atoms with van der Waals surface area (Å²) in [4.78, 5) is 16.3. The van der Waals surface area contributed by atoms with Crippen LogP contribution in [0.2, 0.25) is 0 Å². The summed E-state index contributed by atoms with van der Waals surface area (Å²) in [6.45, 7) is 0. The van der Waals surface area contributed by atoms with E-state index in [4.69, 9.17) is 5.11 Å². The van der Waals surface area contributed by atoms with Crippen LogP contribution in [0.15, 0.2) is 46.8 Å². The van der Waals surface area contributed by atoms with E-state index < -0.39 is 5.97 Å². The third-order valence-corrected chi connectivity index (χ3v) is 5.07. The Morgan fingerprint density at radius 2 is 2.24 bits per heavy atom. The lowest BCUT2D eigenvalue weighted by molar-refractivity contribution is 0.0702. The Hall–Kier alpha value is -1.92. The van der Waals surface area contributed by atoms with Gasteiger partial charge in [-0.25, -0.2) is 9.18 Å². The monoisotopic (exact) mass is 319 g/mol. The Morgan fingerprint density at radius 3 is 3.00 bits per heavy atom. The van der Waals surface area contributed by atoms with Gasteiger partial charge in [-0.2, -0.15) is 0 Å². The van der Waals surface area contributed by atoms with Gasteiger partial charge in [-0.1, -0.05) is 6.07 Å². The van der Waals surface area contributed by atoms with Crippen molar-refractivity contribution in [3.8, 4) is 0 Å². The van der Waals surface area contributed by atoms with Crippen LogP contribution in [0, 0.1) is 5.82 Å². The lowest BCUT2D eigenvalue weighted by atomic mass is 10.1. The van der Waals surface area contributed by atoms with Crippen molar-refractivity contribution in [1.29, 1.82) is 0 Å². The minimum absolute atomic E-state index is 0.282. The zero-order valence-corrected chi connectivity index (χ0v) is 12.4. The molecule has 0 amide bonds. The number of thioether (sulfide) groups is 1. The van der Waals surface area contributed by atoms with Crippen LogP contribution in [-0.4, -0.2) is 16.1 Å². The second-order valence-electron chi connectivity index (χ2n) is 4.35. The Balaban J connectivity index is 1.85. The molecule has 0 unspecified atom stereocenters. The van der Waals surface area contributed by atoms with Gasteiger partial charge in [0, 0.05) is 27.6 Å². The molecule has 0 aliphatic carbocycles. The maximum absolute atomic E-state index is 13.7. The van der Waals surface area contributed by atoms with E-state index in [1.54, 1.807) is 30.5 Å². The van der Waals surface area contributed by atoms with Crippen molar-refractivity contribution in [3.05, 3.63) is 58.2 Å². The Bertz CT molecular complexity index is 816. The first-order valence-electron chi connectivity index (χ1n) is 6.12. The van der Waals surface area contributed by atoms with E-state index in [1.165, 1.54) is 29.2 Å². The molecule has 1 N–H and O–H groups in total. The average Bonchev–Trinajstić information content (AvgIpc) is 2.96. The zero-order valence-electron chi connectivity index (χ0n) is 10.7. The van der Waals surface area contributed by atoms with Gasteiger partial charge in [0.2, 0.25) is 0 Å². The number of hydrogen-bond acceptors (Lipinski definition) is 4. The van der Waals surface area contributed by atoms with E-state index in [-0.39, 0.29) is 5.82 Å². The first-order valence-corrected chi connectivity index (χ1v) is 7.98. The highest BCUT2D eigenvalue weighted by molar-refractivity contribution is 7.98. The van der Waals surface area contributed by atoms with Crippen LogP contribution in [0.1, 0.15) is 15.2 Å². The van der Waals surface area contributed by atoms with Crippen molar-refractivity contribution in [1.82, 2.24) is 4.98 Å². The number of carboxylic acids is 1. The van der Waals surface area contributed by atoms with Crippen molar-refractivity contribution < 1.29 is 14.3 Å². The molecule has 106 valence electrons. The predicted octanol–water partition coefficient (Wildman–Crippen LogP) is 4.43. The summed E-state index contributed by atoms with van der Waals surface area (Å²) in [6.07, 6.45) is 1.64. The van der Waals surface area contributed by atoms with Gasteiger partial charge in [0.25, 0.3) is 0 Å². The third kappa shape index (κ3) is 2.91. The quantitative estimate of drug-likeness (QED) is 0.723. The first kappa shape index (κ1) is 14.0. The van der Waals surface area contributed by atoms with E-state index >= 15 is 0 Å². The number of fused-ring (bicyclic) bond motifs is 1. The van der Waals surface area contributed by atoms with E-state index in [2.05, 4.69) is 4.98 Å². The van der Waals surface area contributed by atoms with Gasteiger partial charge in [0.05, 0.1) is 5.52 Å². The molecule has 3 aromatic rings. The van der Waals surface area contributed by atoms with E-state index in [0.717, 1.165) is 10.5 Å². The Labute approximate surface area is 128 Å². The molecule has 0 aliphatic rings. The molecule has 0 saturated heterocycles. The summed E-state index contributed by atoms with van der Waals surface area (Å²) >= 11 is 2.72. The zero-order chi connectivity index (χ0) is 14.8. The molecule has 2 aromatic heterocycles. The second kappa shape index (κ2) is 5.83. The number of benzene rings is 1. The van der Waals surface area contributed by atoms with Gasteiger partial charge in [0.1, 0.15) is 10.7 Å². The van der Waals surface area contributed by atoms with Crippen molar-refractivity contribution in [2.24, 2.45) is 0 Å². The van der Waals surface area contributed by atoms with Crippen LogP contribution >= 0.6 is 23.1 Å². The van der Waals surface area contributed by atoms with Crippen molar-refractivity contribution in [2.45, 2.75) is 10.6 Å². The molecule has 0 atom stereocenters. The topological polar surface area (TPSA) is 50.2 Å². The maximum Gasteiger partial charge on any atom is 0.345 e. The molecule has 0 fully saturated rings. The third-order valence-electron chi connectivity index (χ3n) is 2.98. The van der Waals surface area contributed by atoms with Crippen LogP contribution in [0.3, 0.4) is 0 Å². The highest BCUT2D eigenvalue weighted by atomic mass is 32.2. The van der Waals surface area contributed by atoms with Gasteiger partial charge in [-0.15, -0.1) is 23.1 Å². The number of pyridine rings is 1. The number of thiophene rings is 1. The molecule has 3 rings (SSSR count). The largest absolute Gasteiger partial charge is 0.477 e. The van der Waals surface area contributed by atoms with Crippen LogP contribution in [-0.2, 0) is 5.75 Å². The molecule has 0 radical (unpaired) electrons. The predicted molar refractivity (Wildman–Crippen MR) is 82.5 cm³/mol. The highest BCUT2D eigenvalue weighted by Gasteiger charge is 2.10. The molecule has 21 heavy (non-hydrogen) atoms. The number of aromatic nitrogens is 1. The van der Waals surface area contributed by atoms with E-state index in [1.807, 2.05) is 5.38 Å². The summed E-state index contributed by atoms with van der Waals surface area (Å²) in [7, 11) is 0. The lowest BCUT2D eigenvalue weighted by Crippen LogP contribution is -1.90. The van der Waals surface area contributed by atoms with Gasteiger partial charge >= 0.3 is 5.97 Å². The van der Waals surface area contributed by atoms with Crippen LogP contribution in [0.5, 0.6) is 0 Å². The number of carboxylic acid groups (broad SMARTS) is 1. The first-order chi connectivity index (χ1) is 10.1. The molecule has 0 saturated carbocycles.